The molecule has 1 aromatic rings. The maximum absolute atomic E-state index is 5.89. The average Bonchev–Trinajstić information content (AvgIpc) is 2.52. The first kappa shape index (κ1) is 16.1. The van der Waals surface area contributed by atoms with E-state index in [9.17, 15) is 0 Å². The van der Waals surface area contributed by atoms with Crippen LogP contribution in [0, 0.1) is 5.92 Å². The summed E-state index contributed by atoms with van der Waals surface area (Å²) in [5, 5.41) is 8.45. The molecule has 0 saturated carbocycles. The summed E-state index contributed by atoms with van der Waals surface area (Å²) >= 11 is 5.19. The minimum Gasteiger partial charge on any atom is -0.476 e. The normalized spacial score (nSPS) is 15.9. The van der Waals surface area contributed by atoms with Crippen LogP contribution in [0.3, 0.4) is 0 Å². The molecule has 1 aromatic heterocycles. The molecular weight excluding hydrogens is 286 g/mol. The van der Waals surface area contributed by atoms with Crippen LogP contribution in [-0.4, -0.2) is 35.0 Å². The molecule has 116 valence electrons. The first-order chi connectivity index (χ1) is 10.2. The number of nitrogens with zero attached hydrogens (tertiary/aromatic N) is 2. The van der Waals surface area contributed by atoms with Crippen molar-refractivity contribution in [2.45, 2.75) is 39.5 Å². The Balaban J connectivity index is 2.19. The van der Waals surface area contributed by atoms with Gasteiger partial charge in [-0.3, -0.25) is 0 Å². The van der Waals surface area contributed by atoms with Crippen LogP contribution in [0.4, 0.5) is 0 Å². The molecular formula is C15H23N3O2S. The predicted octanol–water partition coefficient (Wildman–Crippen LogP) is 2.04. The maximum atomic E-state index is 5.89. The largest absolute Gasteiger partial charge is 0.476 e. The fourth-order valence-corrected chi connectivity index (χ4v) is 2.83. The number of hydrogen-bond acceptors (Lipinski definition) is 5. The zero-order valence-electron chi connectivity index (χ0n) is 12.7. The fraction of sp³-hybridized carbons (Fsp3) is 0.667. The van der Waals surface area contributed by atoms with Gasteiger partial charge in [0.2, 0.25) is 5.88 Å². The van der Waals surface area contributed by atoms with E-state index in [0.29, 0.717) is 23.4 Å². The monoisotopic (exact) mass is 309 g/mol. The third kappa shape index (κ3) is 3.89. The van der Waals surface area contributed by atoms with Crippen LogP contribution < -0.4 is 10.5 Å². The lowest BCUT2D eigenvalue weighted by atomic mass is 10.0. The second-order valence-corrected chi connectivity index (χ2v) is 5.68. The minimum atomic E-state index is 0.332. The number of thiocarbonyl (C=S) groups is 1. The Morgan fingerprint density at radius 2 is 2.00 bits per heavy atom. The van der Waals surface area contributed by atoms with Gasteiger partial charge < -0.3 is 15.2 Å². The Bertz CT molecular complexity index is 502. The van der Waals surface area contributed by atoms with E-state index in [1.54, 1.807) is 0 Å². The summed E-state index contributed by atoms with van der Waals surface area (Å²) in [4.78, 5) is 0.332. The van der Waals surface area contributed by atoms with E-state index in [0.717, 1.165) is 55.7 Å². The van der Waals surface area contributed by atoms with Crippen molar-refractivity contribution >= 4 is 17.2 Å². The Hall–Kier alpha value is -1.27. The topological polar surface area (TPSA) is 70.3 Å². The lowest BCUT2D eigenvalue weighted by Crippen LogP contribution is -2.24. The van der Waals surface area contributed by atoms with E-state index < -0.39 is 0 Å². The van der Waals surface area contributed by atoms with Crippen molar-refractivity contribution in [3.63, 3.8) is 0 Å². The van der Waals surface area contributed by atoms with E-state index in [2.05, 4.69) is 24.0 Å². The molecule has 1 aliphatic rings. The standard InChI is InChI=1S/C15H23N3O2S/c1-3-11-12(4-2)17-18-15(13(11)14(16)21)20-9-10-5-7-19-8-6-10/h10H,3-9H2,1-2H3,(H2,16,21). The molecule has 2 N–H and O–H groups in total. The van der Waals surface area contributed by atoms with E-state index in [1.807, 2.05) is 0 Å². The SMILES string of the molecule is CCc1nnc(OCC2CCOCC2)c(C(N)=S)c1CC. The number of ether oxygens (including phenoxy) is 2. The Labute approximate surface area is 131 Å². The van der Waals surface area contributed by atoms with Gasteiger partial charge in [0, 0.05) is 13.2 Å². The van der Waals surface area contributed by atoms with Gasteiger partial charge in [-0.2, -0.15) is 5.10 Å². The van der Waals surface area contributed by atoms with Crippen LogP contribution in [0.2, 0.25) is 0 Å². The van der Waals surface area contributed by atoms with Crippen LogP contribution in [-0.2, 0) is 17.6 Å². The molecule has 0 radical (unpaired) electrons. The van der Waals surface area contributed by atoms with Gasteiger partial charge in [-0.25, -0.2) is 0 Å². The maximum Gasteiger partial charge on any atom is 0.244 e. The summed E-state index contributed by atoms with van der Waals surface area (Å²) in [7, 11) is 0. The van der Waals surface area contributed by atoms with Crippen molar-refractivity contribution in [1.82, 2.24) is 10.2 Å². The highest BCUT2D eigenvalue weighted by Gasteiger charge is 2.20. The summed E-state index contributed by atoms with van der Waals surface area (Å²) in [6.45, 7) is 6.34. The third-order valence-corrected chi connectivity index (χ3v) is 4.06. The summed E-state index contributed by atoms with van der Waals surface area (Å²) in [5.41, 5.74) is 8.64. The van der Waals surface area contributed by atoms with Gasteiger partial charge in [-0.1, -0.05) is 26.1 Å². The molecule has 6 heteroatoms. The number of rotatable bonds is 6. The lowest BCUT2D eigenvalue weighted by molar-refractivity contribution is 0.0488. The van der Waals surface area contributed by atoms with Crippen LogP contribution in [0.5, 0.6) is 5.88 Å². The first-order valence-corrected chi connectivity index (χ1v) is 7.96. The average molecular weight is 309 g/mol. The molecule has 2 heterocycles. The summed E-state index contributed by atoms with van der Waals surface area (Å²) in [5.74, 6) is 0.971. The van der Waals surface area contributed by atoms with Gasteiger partial charge in [0.05, 0.1) is 17.9 Å². The molecule has 1 fully saturated rings. The molecule has 0 spiro atoms. The molecule has 0 aliphatic carbocycles. The second kappa shape index (κ2) is 7.66. The number of aryl methyl sites for hydroxylation is 1. The molecule has 1 saturated heterocycles. The molecule has 5 nitrogen and oxygen atoms in total. The summed E-state index contributed by atoms with van der Waals surface area (Å²) < 4.78 is 11.2. The van der Waals surface area contributed by atoms with Gasteiger partial charge in [-0.05, 0) is 37.2 Å². The van der Waals surface area contributed by atoms with Crippen LogP contribution in [0.1, 0.15) is 43.5 Å². The molecule has 2 rings (SSSR count). The minimum absolute atomic E-state index is 0.332. The molecule has 0 atom stereocenters. The van der Waals surface area contributed by atoms with Crippen molar-refractivity contribution in [3.8, 4) is 5.88 Å². The van der Waals surface area contributed by atoms with E-state index in [-0.39, 0.29) is 0 Å². The van der Waals surface area contributed by atoms with E-state index in [4.69, 9.17) is 27.4 Å². The summed E-state index contributed by atoms with van der Waals surface area (Å²) in [6, 6.07) is 0. The molecule has 0 amide bonds. The summed E-state index contributed by atoms with van der Waals surface area (Å²) in [6.07, 6.45) is 3.66. The van der Waals surface area contributed by atoms with Crippen LogP contribution in [0.15, 0.2) is 0 Å². The molecule has 21 heavy (non-hydrogen) atoms. The second-order valence-electron chi connectivity index (χ2n) is 5.24. The number of hydrogen-bond donors (Lipinski definition) is 1. The molecule has 0 unspecified atom stereocenters. The highest BCUT2D eigenvalue weighted by Crippen LogP contribution is 2.24. The van der Waals surface area contributed by atoms with Crippen molar-refractivity contribution in [2.75, 3.05) is 19.8 Å². The molecule has 1 aliphatic heterocycles. The first-order valence-electron chi connectivity index (χ1n) is 7.56. The van der Waals surface area contributed by atoms with Gasteiger partial charge in [0.1, 0.15) is 4.99 Å². The lowest BCUT2D eigenvalue weighted by Gasteiger charge is -2.22. The van der Waals surface area contributed by atoms with Crippen molar-refractivity contribution in [2.24, 2.45) is 11.7 Å². The van der Waals surface area contributed by atoms with Gasteiger partial charge in [0.25, 0.3) is 0 Å². The van der Waals surface area contributed by atoms with Crippen molar-refractivity contribution in [3.05, 3.63) is 16.8 Å². The quantitative estimate of drug-likeness (QED) is 0.811. The fourth-order valence-electron chi connectivity index (χ4n) is 2.62. The Kier molecular flexibility index (Phi) is 5.87. The third-order valence-electron chi connectivity index (χ3n) is 3.86. The van der Waals surface area contributed by atoms with Gasteiger partial charge >= 0.3 is 0 Å². The van der Waals surface area contributed by atoms with Gasteiger partial charge in [-0.15, -0.1) is 5.10 Å². The van der Waals surface area contributed by atoms with E-state index in [1.165, 1.54) is 0 Å². The Morgan fingerprint density at radius 3 is 2.57 bits per heavy atom. The zero-order valence-corrected chi connectivity index (χ0v) is 13.5. The highest BCUT2D eigenvalue weighted by molar-refractivity contribution is 7.80. The van der Waals surface area contributed by atoms with Gasteiger partial charge in [0.15, 0.2) is 0 Å². The highest BCUT2D eigenvalue weighted by atomic mass is 32.1. The number of aromatic nitrogens is 2. The molecule has 0 aromatic carbocycles. The van der Waals surface area contributed by atoms with Crippen molar-refractivity contribution in [1.29, 1.82) is 0 Å². The predicted molar refractivity (Wildman–Crippen MR) is 85.7 cm³/mol. The van der Waals surface area contributed by atoms with Crippen LogP contribution in [0.25, 0.3) is 0 Å². The Morgan fingerprint density at radius 1 is 1.29 bits per heavy atom. The smallest absolute Gasteiger partial charge is 0.244 e. The number of nitrogens with two attached hydrogens (primary N) is 1. The molecule has 0 bridgehead atoms. The van der Waals surface area contributed by atoms with E-state index >= 15 is 0 Å². The van der Waals surface area contributed by atoms with Crippen molar-refractivity contribution < 1.29 is 9.47 Å². The zero-order chi connectivity index (χ0) is 15.2. The van der Waals surface area contributed by atoms with Crippen LogP contribution >= 0.6 is 12.2 Å².